The van der Waals surface area contributed by atoms with E-state index in [1.807, 2.05) is 6.07 Å². The van der Waals surface area contributed by atoms with Crippen molar-refractivity contribution in [3.05, 3.63) is 65.7 Å². The van der Waals surface area contributed by atoms with Crippen molar-refractivity contribution in [3.8, 4) is 5.75 Å². The van der Waals surface area contributed by atoms with Gasteiger partial charge in [0, 0.05) is 18.6 Å². The van der Waals surface area contributed by atoms with Gasteiger partial charge in [-0.15, -0.1) is 0 Å². The van der Waals surface area contributed by atoms with Gasteiger partial charge in [0.05, 0.1) is 6.04 Å². The summed E-state index contributed by atoms with van der Waals surface area (Å²) >= 11 is 3.97. The molecule has 0 aliphatic carbocycles. The Morgan fingerprint density at radius 1 is 0.784 bits per heavy atom. The number of thiol groups is 1. The summed E-state index contributed by atoms with van der Waals surface area (Å²) in [6.07, 6.45) is 0.152. The van der Waals surface area contributed by atoms with Crippen molar-refractivity contribution in [2.75, 3.05) is 5.75 Å². The van der Waals surface area contributed by atoms with Crippen LogP contribution in [0.3, 0.4) is 0 Å². The number of benzene rings is 2. The van der Waals surface area contributed by atoms with Gasteiger partial charge < -0.3 is 31.9 Å². The zero-order chi connectivity index (χ0) is 27.5. The first kappa shape index (κ1) is 29.7. The van der Waals surface area contributed by atoms with Crippen molar-refractivity contribution in [2.24, 2.45) is 11.7 Å². The molecule has 7 N–H and O–H groups in total. The molecular formula is C26H34N4O6S. The van der Waals surface area contributed by atoms with E-state index >= 15 is 0 Å². The number of carbonyl (C=O) groups excluding carboxylic acids is 3. The Morgan fingerprint density at radius 3 is 1.70 bits per heavy atom. The van der Waals surface area contributed by atoms with Crippen LogP contribution in [0.25, 0.3) is 0 Å². The van der Waals surface area contributed by atoms with Crippen LogP contribution in [0.1, 0.15) is 25.0 Å². The van der Waals surface area contributed by atoms with Gasteiger partial charge >= 0.3 is 5.97 Å². The number of carbonyl (C=O) groups is 4. The van der Waals surface area contributed by atoms with Gasteiger partial charge in [-0.2, -0.15) is 12.6 Å². The maximum atomic E-state index is 13.4. The summed E-state index contributed by atoms with van der Waals surface area (Å²) in [5, 5.41) is 26.6. The van der Waals surface area contributed by atoms with E-state index in [1.165, 1.54) is 12.1 Å². The summed E-state index contributed by atoms with van der Waals surface area (Å²) in [7, 11) is 0. The number of hydrogen-bond donors (Lipinski definition) is 7. The van der Waals surface area contributed by atoms with E-state index < -0.39 is 47.9 Å². The Bertz CT molecular complexity index is 1060. The second-order valence-corrected chi connectivity index (χ2v) is 9.40. The zero-order valence-electron chi connectivity index (χ0n) is 20.8. The van der Waals surface area contributed by atoms with Crippen LogP contribution in [0.15, 0.2) is 54.6 Å². The minimum Gasteiger partial charge on any atom is -0.508 e. The number of hydrogen-bond acceptors (Lipinski definition) is 7. The smallest absolute Gasteiger partial charge is 0.327 e. The Hall–Kier alpha value is -3.57. The number of carboxylic acid groups (broad SMARTS) is 1. The van der Waals surface area contributed by atoms with Gasteiger partial charge in [0.25, 0.3) is 0 Å². The van der Waals surface area contributed by atoms with Crippen LogP contribution in [0.5, 0.6) is 5.75 Å². The standard InChI is InChI=1S/C26H34N4O6S/c1-15(2)22(27)25(34)29-20(12-16-6-4-3-5-7-16)23(32)28-19(13-17-8-10-18(31)11-9-17)24(33)30-21(14-37)26(35)36/h3-11,15,19-22,31,37H,12-14,27H2,1-2H3,(H,28,32)(H,29,34)(H,30,33)(H,35,36). The Labute approximate surface area is 221 Å². The fraction of sp³-hybridized carbons (Fsp3) is 0.385. The van der Waals surface area contributed by atoms with Gasteiger partial charge in [-0.1, -0.05) is 56.3 Å². The number of aliphatic carboxylic acids is 1. The quantitative estimate of drug-likeness (QED) is 0.186. The third-order valence-electron chi connectivity index (χ3n) is 5.74. The molecule has 0 heterocycles. The highest BCUT2D eigenvalue weighted by Crippen LogP contribution is 2.12. The molecule has 2 rings (SSSR count). The highest BCUT2D eigenvalue weighted by atomic mass is 32.1. The van der Waals surface area contributed by atoms with Gasteiger partial charge in [0.2, 0.25) is 17.7 Å². The molecule has 200 valence electrons. The molecule has 0 saturated heterocycles. The van der Waals surface area contributed by atoms with Gasteiger partial charge in [0.15, 0.2) is 0 Å². The van der Waals surface area contributed by atoms with E-state index in [0.717, 1.165) is 5.56 Å². The molecule has 0 aliphatic heterocycles. The monoisotopic (exact) mass is 530 g/mol. The molecular weight excluding hydrogens is 496 g/mol. The van der Waals surface area contributed by atoms with Crippen molar-refractivity contribution in [3.63, 3.8) is 0 Å². The SMILES string of the molecule is CC(C)C(N)C(=O)NC(Cc1ccccc1)C(=O)NC(Cc1ccc(O)cc1)C(=O)NC(CS)C(=O)O. The molecule has 0 aromatic heterocycles. The maximum absolute atomic E-state index is 13.4. The number of aromatic hydroxyl groups is 1. The van der Waals surface area contributed by atoms with Crippen molar-refractivity contribution in [1.82, 2.24) is 16.0 Å². The van der Waals surface area contributed by atoms with E-state index in [4.69, 9.17) is 5.73 Å². The summed E-state index contributed by atoms with van der Waals surface area (Å²) in [4.78, 5) is 50.6. The fourth-order valence-electron chi connectivity index (χ4n) is 3.44. The van der Waals surface area contributed by atoms with Crippen LogP contribution in [-0.4, -0.2) is 63.8 Å². The first-order chi connectivity index (χ1) is 17.5. The Morgan fingerprint density at radius 2 is 1.24 bits per heavy atom. The number of rotatable bonds is 13. The average Bonchev–Trinajstić information content (AvgIpc) is 2.87. The van der Waals surface area contributed by atoms with Gasteiger partial charge in [-0.3, -0.25) is 14.4 Å². The largest absolute Gasteiger partial charge is 0.508 e. The minimum atomic E-state index is -1.27. The molecule has 0 fully saturated rings. The van der Waals surface area contributed by atoms with Crippen molar-refractivity contribution in [1.29, 1.82) is 0 Å². The summed E-state index contributed by atoms with van der Waals surface area (Å²) in [6, 6.07) is 10.8. The second-order valence-electron chi connectivity index (χ2n) is 9.03. The minimum absolute atomic E-state index is 0.00821. The van der Waals surface area contributed by atoms with Crippen molar-refractivity contribution in [2.45, 2.75) is 50.9 Å². The lowest BCUT2D eigenvalue weighted by molar-refractivity contribution is -0.141. The zero-order valence-corrected chi connectivity index (χ0v) is 21.7. The van der Waals surface area contributed by atoms with E-state index in [2.05, 4.69) is 28.6 Å². The summed E-state index contributed by atoms with van der Waals surface area (Å²) in [5.41, 5.74) is 7.36. The van der Waals surface area contributed by atoms with Crippen LogP contribution in [0.2, 0.25) is 0 Å². The molecule has 37 heavy (non-hydrogen) atoms. The summed E-state index contributed by atoms with van der Waals surface area (Å²) in [5.74, 6) is -3.43. The van der Waals surface area contributed by atoms with Crippen molar-refractivity contribution >= 4 is 36.3 Å². The Kier molecular flexibility index (Phi) is 11.4. The number of nitrogens with two attached hydrogens (primary N) is 1. The molecule has 0 aliphatic rings. The van der Waals surface area contributed by atoms with Crippen LogP contribution < -0.4 is 21.7 Å². The molecule has 4 unspecified atom stereocenters. The third-order valence-corrected chi connectivity index (χ3v) is 6.11. The normalized spacial score (nSPS) is 14.2. The lowest BCUT2D eigenvalue weighted by Gasteiger charge is -2.26. The first-order valence-electron chi connectivity index (χ1n) is 11.8. The average molecular weight is 531 g/mol. The lowest BCUT2D eigenvalue weighted by atomic mass is 10.0. The van der Waals surface area contributed by atoms with Crippen LogP contribution in [0.4, 0.5) is 0 Å². The van der Waals surface area contributed by atoms with Gasteiger partial charge in [-0.05, 0) is 29.2 Å². The molecule has 3 amide bonds. The first-order valence-corrected chi connectivity index (χ1v) is 12.5. The Balaban J connectivity index is 2.31. The number of phenols is 1. The van der Waals surface area contributed by atoms with Crippen LogP contribution in [-0.2, 0) is 32.0 Å². The summed E-state index contributed by atoms with van der Waals surface area (Å²) < 4.78 is 0. The van der Waals surface area contributed by atoms with Gasteiger partial charge in [-0.25, -0.2) is 4.79 Å². The highest BCUT2D eigenvalue weighted by molar-refractivity contribution is 7.80. The topological polar surface area (TPSA) is 171 Å². The highest BCUT2D eigenvalue weighted by Gasteiger charge is 2.31. The number of carboxylic acids is 1. The van der Waals surface area contributed by atoms with E-state index in [9.17, 15) is 29.4 Å². The van der Waals surface area contributed by atoms with E-state index in [1.54, 1.807) is 50.2 Å². The molecule has 4 atom stereocenters. The predicted molar refractivity (Wildman–Crippen MR) is 142 cm³/mol. The molecule has 2 aromatic rings. The number of phenolic OH excluding ortho intramolecular Hbond substituents is 1. The summed E-state index contributed by atoms with van der Waals surface area (Å²) in [6.45, 7) is 3.57. The van der Waals surface area contributed by atoms with Crippen LogP contribution in [0, 0.1) is 5.92 Å². The van der Waals surface area contributed by atoms with Gasteiger partial charge in [0.1, 0.15) is 23.9 Å². The fourth-order valence-corrected chi connectivity index (χ4v) is 3.68. The molecule has 11 heteroatoms. The van der Waals surface area contributed by atoms with Crippen molar-refractivity contribution < 1.29 is 29.4 Å². The third kappa shape index (κ3) is 9.43. The molecule has 0 bridgehead atoms. The predicted octanol–water partition coefficient (Wildman–Crippen LogP) is 0.630. The molecule has 2 aromatic carbocycles. The number of amides is 3. The maximum Gasteiger partial charge on any atom is 0.327 e. The van der Waals surface area contributed by atoms with E-state index in [-0.39, 0.29) is 30.3 Å². The molecule has 0 saturated carbocycles. The van der Waals surface area contributed by atoms with Crippen LogP contribution >= 0.6 is 12.6 Å². The lowest BCUT2D eigenvalue weighted by Crippen LogP contribution is -2.58. The second kappa shape index (κ2) is 14.2. The van der Waals surface area contributed by atoms with E-state index in [0.29, 0.717) is 5.56 Å². The number of nitrogens with one attached hydrogen (secondary N) is 3. The molecule has 0 radical (unpaired) electrons. The molecule has 0 spiro atoms. The molecule has 10 nitrogen and oxygen atoms in total.